The van der Waals surface area contributed by atoms with Crippen molar-refractivity contribution in [2.75, 3.05) is 11.5 Å². The summed E-state index contributed by atoms with van der Waals surface area (Å²) in [6, 6.07) is 14.7. The Labute approximate surface area is 190 Å². The normalized spacial score (nSPS) is 17.6. The second-order valence-corrected chi connectivity index (χ2v) is 7.77. The molecule has 3 aromatic rings. The Morgan fingerprint density at radius 2 is 1.88 bits per heavy atom. The molecule has 2 aromatic carbocycles. The van der Waals surface area contributed by atoms with Crippen LogP contribution in [0.2, 0.25) is 5.02 Å². The zero-order valence-electron chi connectivity index (χ0n) is 17.6. The monoisotopic (exact) mass is 448 g/mol. The third kappa shape index (κ3) is 3.85. The van der Waals surface area contributed by atoms with Gasteiger partial charge >= 0.3 is 0 Å². The van der Waals surface area contributed by atoms with Crippen molar-refractivity contribution in [2.24, 2.45) is 0 Å². The minimum Gasteiger partial charge on any atom is -0.507 e. The smallest absolute Gasteiger partial charge is 0.300 e. The molecule has 0 aliphatic carbocycles. The number of rotatable bonds is 5. The summed E-state index contributed by atoms with van der Waals surface area (Å²) in [4.78, 5) is 31.8. The number of hydrogen-bond donors (Lipinski definition) is 1. The van der Waals surface area contributed by atoms with Gasteiger partial charge in [0.15, 0.2) is 0 Å². The van der Waals surface area contributed by atoms with Crippen molar-refractivity contribution >= 4 is 34.7 Å². The van der Waals surface area contributed by atoms with E-state index < -0.39 is 17.7 Å². The minimum absolute atomic E-state index is 0.00697. The Balaban J connectivity index is 1.93. The van der Waals surface area contributed by atoms with Crippen LogP contribution in [0.15, 0.2) is 72.6 Å². The maximum Gasteiger partial charge on any atom is 0.300 e. The number of amides is 1. The molecule has 0 spiro atoms. The van der Waals surface area contributed by atoms with E-state index in [-0.39, 0.29) is 11.3 Å². The van der Waals surface area contributed by atoms with E-state index in [1.54, 1.807) is 48.8 Å². The van der Waals surface area contributed by atoms with Crippen LogP contribution in [0, 0.1) is 6.92 Å². The van der Waals surface area contributed by atoms with E-state index in [4.69, 9.17) is 16.3 Å². The van der Waals surface area contributed by atoms with Gasteiger partial charge in [-0.1, -0.05) is 23.7 Å². The molecule has 0 bridgehead atoms. The number of hydrogen-bond acceptors (Lipinski definition) is 5. The minimum atomic E-state index is -0.814. The molecule has 1 aliphatic heterocycles. The summed E-state index contributed by atoms with van der Waals surface area (Å²) in [6.07, 6.45) is 3.17. The number of carbonyl (C=O) groups excluding carboxylic acids is 2. The number of benzene rings is 2. The van der Waals surface area contributed by atoms with E-state index in [1.807, 2.05) is 32.0 Å². The van der Waals surface area contributed by atoms with E-state index in [1.165, 1.54) is 4.90 Å². The second kappa shape index (κ2) is 8.85. The van der Waals surface area contributed by atoms with Crippen LogP contribution in [-0.2, 0) is 9.59 Å². The van der Waals surface area contributed by atoms with Crippen LogP contribution in [0.3, 0.4) is 0 Å². The van der Waals surface area contributed by atoms with Gasteiger partial charge in [-0.15, -0.1) is 0 Å². The quantitative estimate of drug-likeness (QED) is 0.335. The number of halogens is 1. The Morgan fingerprint density at radius 1 is 1.12 bits per heavy atom. The SMILES string of the molecule is CCOc1cc(/C(O)=C2/C(=O)C(=O)N(c3cccc(C)c3)C2c2ccncc2)ccc1Cl. The van der Waals surface area contributed by atoms with Gasteiger partial charge in [0.2, 0.25) is 0 Å². The zero-order valence-corrected chi connectivity index (χ0v) is 18.3. The lowest BCUT2D eigenvalue weighted by Crippen LogP contribution is -2.29. The molecular weight excluding hydrogens is 428 g/mol. The molecule has 0 saturated carbocycles. The Bertz CT molecular complexity index is 1220. The second-order valence-electron chi connectivity index (χ2n) is 7.37. The van der Waals surface area contributed by atoms with Crippen molar-refractivity contribution in [2.45, 2.75) is 19.9 Å². The van der Waals surface area contributed by atoms with Crippen LogP contribution >= 0.6 is 11.6 Å². The number of aryl methyl sites for hydroxylation is 1. The van der Waals surface area contributed by atoms with Crippen molar-refractivity contribution in [3.63, 3.8) is 0 Å². The van der Waals surface area contributed by atoms with Crippen LogP contribution in [-0.4, -0.2) is 28.4 Å². The molecule has 7 heteroatoms. The van der Waals surface area contributed by atoms with Gasteiger partial charge in [0.1, 0.15) is 11.5 Å². The van der Waals surface area contributed by atoms with Gasteiger partial charge < -0.3 is 9.84 Å². The van der Waals surface area contributed by atoms with Crippen LogP contribution in [0.25, 0.3) is 5.76 Å². The summed E-state index contributed by atoms with van der Waals surface area (Å²) in [5, 5.41) is 11.6. The number of anilines is 1. The highest BCUT2D eigenvalue weighted by atomic mass is 35.5. The van der Waals surface area contributed by atoms with Crippen molar-refractivity contribution < 1.29 is 19.4 Å². The number of Topliss-reactive ketones (excluding diaryl/α,β-unsaturated/α-hetero) is 1. The zero-order chi connectivity index (χ0) is 22.8. The third-order valence-electron chi connectivity index (χ3n) is 5.25. The summed E-state index contributed by atoms with van der Waals surface area (Å²) in [7, 11) is 0. The summed E-state index contributed by atoms with van der Waals surface area (Å²) >= 11 is 6.17. The van der Waals surface area contributed by atoms with Gasteiger partial charge in [-0.05, 0) is 67.4 Å². The highest BCUT2D eigenvalue weighted by Gasteiger charge is 2.47. The number of aromatic nitrogens is 1. The topological polar surface area (TPSA) is 79.7 Å². The fourth-order valence-electron chi connectivity index (χ4n) is 3.81. The molecule has 4 rings (SSSR count). The predicted octanol–water partition coefficient (Wildman–Crippen LogP) is 5.07. The van der Waals surface area contributed by atoms with Crippen molar-refractivity contribution in [3.8, 4) is 5.75 Å². The summed E-state index contributed by atoms with van der Waals surface area (Å²) in [5.41, 5.74) is 2.49. The first-order valence-electron chi connectivity index (χ1n) is 10.1. The van der Waals surface area contributed by atoms with Gasteiger partial charge in [-0.25, -0.2) is 0 Å². The van der Waals surface area contributed by atoms with E-state index in [2.05, 4.69) is 4.98 Å². The number of ether oxygens (including phenoxy) is 1. The Morgan fingerprint density at radius 3 is 2.56 bits per heavy atom. The molecule has 32 heavy (non-hydrogen) atoms. The van der Waals surface area contributed by atoms with E-state index in [0.29, 0.717) is 34.2 Å². The molecule has 1 atom stereocenters. The maximum absolute atomic E-state index is 13.2. The summed E-state index contributed by atoms with van der Waals surface area (Å²) in [5.74, 6) is -1.39. The van der Waals surface area contributed by atoms with Crippen molar-refractivity contribution in [1.29, 1.82) is 0 Å². The first kappa shape index (κ1) is 21.6. The molecule has 2 heterocycles. The highest BCUT2D eigenvalue weighted by molar-refractivity contribution is 6.51. The van der Waals surface area contributed by atoms with Gasteiger partial charge in [0, 0.05) is 23.6 Å². The predicted molar refractivity (Wildman–Crippen MR) is 123 cm³/mol. The molecule has 162 valence electrons. The maximum atomic E-state index is 13.2. The van der Waals surface area contributed by atoms with Crippen LogP contribution in [0.1, 0.15) is 29.7 Å². The van der Waals surface area contributed by atoms with Crippen LogP contribution in [0.4, 0.5) is 5.69 Å². The third-order valence-corrected chi connectivity index (χ3v) is 5.56. The molecule has 1 unspecified atom stereocenters. The van der Waals surface area contributed by atoms with E-state index >= 15 is 0 Å². The van der Waals surface area contributed by atoms with E-state index in [0.717, 1.165) is 5.56 Å². The molecular formula is C25H21ClN2O4. The molecule has 1 aromatic heterocycles. The standard InChI is InChI=1S/C25H21ClN2O4/c1-3-32-20-14-17(7-8-19(20)26)23(29)21-22(16-9-11-27-12-10-16)28(25(31)24(21)30)18-6-4-5-15(2)13-18/h4-14,22,29H,3H2,1-2H3/b23-21-. The number of pyridine rings is 1. The van der Waals surface area contributed by atoms with Gasteiger partial charge in [-0.2, -0.15) is 0 Å². The fourth-order valence-corrected chi connectivity index (χ4v) is 3.98. The average molecular weight is 449 g/mol. The first-order valence-corrected chi connectivity index (χ1v) is 10.5. The first-order chi connectivity index (χ1) is 15.4. The summed E-state index contributed by atoms with van der Waals surface area (Å²) in [6.45, 7) is 4.11. The van der Waals surface area contributed by atoms with Crippen LogP contribution < -0.4 is 9.64 Å². The van der Waals surface area contributed by atoms with Crippen molar-refractivity contribution in [3.05, 3.63) is 94.3 Å². The largest absolute Gasteiger partial charge is 0.507 e. The Hall–Kier alpha value is -3.64. The molecule has 1 amide bonds. The van der Waals surface area contributed by atoms with Gasteiger partial charge in [-0.3, -0.25) is 19.5 Å². The van der Waals surface area contributed by atoms with E-state index in [9.17, 15) is 14.7 Å². The highest BCUT2D eigenvalue weighted by Crippen LogP contribution is 2.42. The molecule has 1 fully saturated rings. The summed E-state index contributed by atoms with van der Waals surface area (Å²) < 4.78 is 5.52. The average Bonchev–Trinajstić information content (AvgIpc) is 3.06. The lowest BCUT2D eigenvalue weighted by Gasteiger charge is -2.25. The number of carbonyl (C=O) groups is 2. The Kier molecular flexibility index (Phi) is 5.97. The van der Waals surface area contributed by atoms with Gasteiger partial charge in [0.25, 0.3) is 11.7 Å². The molecule has 6 nitrogen and oxygen atoms in total. The van der Waals surface area contributed by atoms with Gasteiger partial charge in [0.05, 0.1) is 23.2 Å². The lowest BCUT2D eigenvalue weighted by molar-refractivity contribution is -0.132. The number of aliphatic hydroxyl groups is 1. The molecule has 1 aliphatic rings. The van der Waals surface area contributed by atoms with Crippen molar-refractivity contribution in [1.82, 2.24) is 4.98 Å². The number of ketones is 1. The lowest BCUT2D eigenvalue weighted by atomic mass is 9.95. The van der Waals surface area contributed by atoms with Crippen LogP contribution in [0.5, 0.6) is 5.75 Å². The molecule has 1 saturated heterocycles. The fraction of sp³-hybridized carbons (Fsp3) is 0.160. The molecule has 1 N–H and O–H groups in total. The molecule has 0 radical (unpaired) electrons. The number of aliphatic hydroxyl groups excluding tert-OH is 1. The number of nitrogens with zero attached hydrogens (tertiary/aromatic N) is 2.